The molecule has 1 aromatic carbocycles. The van der Waals surface area contributed by atoms with Gasteiger partial charge in [-0.2, -0.15) is 26.3 Å². The molecule has 1 aromatic heterocycles. The first-order chi connectivity index (χ1) is 13.7. The van der Waals surface area contributed by atoms with Crippen LogP contribution in [-0.4, -0.2) is 33.7 Å². The van der Waals surface area contributed by atoms with Gasteiger partial charge in [-0.3, -0.25) is 9.78 Å². The van der Waals surface area contributed by atoms with E-state index in [-0.39, 0.29) is 17.8 Å². The number of nitrogens with two attached hydrogens (primary N) is 1. The smallest absolute Gasteiger partial charge is 0.475 e. The summed E-state index contributed by atoms with van der Waals surface area (Å²) < 4.78 is 70.0. The summed E-state index contributed by atoms with van der Waals surface area (Å²) in [6, 6.07) is 4.84. The molecule has 1 saturated carbocycles. The van der Waals surface area contributed by atoms with Gasteiger partial charge in [0.05, 0.1) is 16.8 Å². The topological polar surface area (TPSA) is 105 Å². The molecule has 1 aliphatic carbocycles. The maximum absolute atomic E-state index is 12.7. The number of nitrogens with zero attached hydrogens (tertiary/aromatic N) is 1. The summed E-state index contributed by atoms with van der Waals surface area (Å²) in [5, 5.41) is 10.3. The SMILES string of the molecule is NC1(CC(=O)Nc2ccnc3cc(C(F)(F)F)ccc23)CCC1.O=C(O)C(F)(F)F. The molecule has 3 rings (SSSR count). The predicted octanol–water partition coefficient (Wildman–Crippen LogP) is 4.10. The van der Waals surface area contributed by atoms with E-state index in [0.717, 1.165) is 31.4 Å². The predicted molar refractivity (Wildman–Crippen MR) is 94.5 cm³/mol. The zero-order valence-corrected chi connectivity index (χ0v) is 15.3. The van der Waals surface area contributed by atoms with Crippen molar-refractivity contribution in [2.45, 2.75) is 43.6 Å². The molecule has 0 saturated heterocycles. The molecule has 0 spiro atoms. The molecule has 0 unspecified atom stereocenters. The van der Waals surface area contributed by atoms with E-state index >= 15 is 0 Å². The zero-order valence-electron chi connectivity index (χ0n) is 15.3. The van der Waals surface area contributed by atoms with E-state index in [1.807, 2.05) is 0 Å². The quantitative estimate of drug-likeness (QED) is 0.628. The average Bonchev–Trinajstić information content (AvgIpc) is 2.59. The lowest BCUT2D eigenvalue weighted by Gasteiger charge is -2.37. The molecule has 6 nitrogen and oxygen atoms in total. The number of aromatic nitrogens is 1. The first-order valence-electron chi connectivity index (χ1n) is 8.56. The van der Waals surface area contributed by atoms with Crippen molar-refractivity contribution in [2.24, 2.45) is 5.73 Å². The second kappa shape index (κ2) is 8.46. The second-order valence-corrected chi connectivity index (χ2v) is 6.83. The van der Waals surface area contributed by atoms with E-state index in [4.69, 9.17) is 15.6 Å². The minimum atomic E-state index is -5.08. The molecular formula is C18H17F6N3O3. The number of carbonyl (C=O) groups excluding carboxylic acids is 1. The van der Waals surface area contributed by atoms with E-state index in [0.29, 0.717) is 11.1 Å². The fraction of sp³-hybridized carbons (Fsp3) is 0.389. The second-order valence-electron chi connectivity index (χ2n) is 6.83. The number of hydrogen-bond donors (Lipinski definition) is 3. The summed E-state index contributed by atoms with van der Waals surface area (Å²) in [5.41, 5.74) is 5.45. The Morgan fingerprint density at radius 2 is 1.73 bits per heavy atom. The van der Waals surface area contributed by atoms with Gasteiger partial charge >= 0.3 is 18.3 Å². The molecular weight excluding hydrogens is 420 g/mol. The standard InChI is InChI=1S/C16H16F3N3O.C2HF3O2/c17-16(18,19)10-2-3-11-12(4-7-21-13(11)8-10)22-14(23)9-15(20)5-1-6-15;3-2(4,5)1(6)7/h2-4,7-8H,1,5-6,9,20H2,(H,21,22,23);(H,6,7). The fourth-order valence-corrected chi connectivity index (χ4v) is 2.76. The minimum Gasteiger partial charge on any atom is -0.475 e. The third-order valence-corrected chi connectivity index (χ3v) is 4.45. The minimum absolute atomic E-state index is 0.184. The van der Waals surface area contributed by atoms with Gasteiger partial charge in [0.15, 0.2) is 0 Å². The van der Waals surface area contributed by atoms with Gasteiger partial charge in [0.1, 0.15) is 0 Å². The Bertz CT molecular complexity index is 939. The molecule has 0 radical (unpaired) electrons. The van der Waals surface area contributed by atoms with Crippen LogP contribution in [0.4, 0.5) is 32.0 Å². The van der Waals surface area contributed by atoms with Crippen LogP contribution >= 0.6 is 0 Å². The van der Waals surface area contributed by atoms with Crippen LogP contribution < -0.4 is 11.1 Å². The lowest BCUT2D eigenvalue weighted by Crippen LogP contribution is -2.48. The average molecular weight is 437 g/mol. The molecule has 164 valence electrons. The Morgan fingerprint density at radius 1 is 1.13 bits per heavy atom. The van der Waals surface area contributed by atoms with E-state index in [1.165, 1.54) is 12.3 Å². The lowest BCUT2D eigenvalue weighted by molar-refractivity contribution is -0.192. The Morgan fingerprint density at radius 3 is 2.20 bits per heavy atom. The summed E-state index contributed by atoms with van der Waals surface area (Å²) in [4.78, 5) is 24.9. The number of hydrogen-bond acceptors (Lipinski definition) is 4. The van der Waals surface area contributed by atoms with E-state index < -0.39 is 29.4 Å². The Balaban J connectivity index is 0.000000396. The van der Waals surface area contributed by atoms with E-state index in [9.17, 15) is 31.1 Å². The number of halogens is 6. The van der Waals surface area contributed by atoms with E-state index in [2.05, 4.69) is 10.3 Å². The molecule has 0 atom stereocenters. The van der Waals surface area contributed by atoms with Crippen molar-refractivity contribution in [1.82, 2.24) is 4.98 Å². The van der Waals surface area contributed by atoms with Crippen molar-refractivity contribution < 1.29 is 41.0 Å². The highest BCUT2D eigenvalue weighted by molar-refractivity contribution is 6.01. The highest BCUT2D eigenvalue weighted by Crippen LogP contribution is 2.34. The molecule has 1 aliphatic rings. The molecule has 1 amide bonds. The number of anilines is 1. The maximum atomic E-state index is 12.7. The molecule has 12 heteroatoms. The fourth-order valence-electron chi connectivity index (χ4n) is 2.76. The van der Waals surface area contributed by atoms with Crippen LogP contribution in [0.5, 0.6) is 0 Å². The van der Waals surface area contributed by atoms with Crippen LogP contribution in [0.15, 0.2) is 30.5 Å². The largest absolute Gasteiger partial charge is 0.490 e. The third kappa shape index (κ3) is 6.05. The first-order valence-corrected chi connectivity index (χ1v) is 8.56. The summed E-state index contributed by atoms with van der Waals surface area (Å²) in [6.07, 6.45) is -5.29. The number of carboxylic acid groups (broad SMARTS) is 1. The Hall–Kier alpha value is -2.89. The number of alkyl halides is 6. The summed E-state index contributed by atoms with van der Waals surface area (Å²) >= 11 is 0. The van der Waals surface area contributed by atoms with Crippen molar-refractivity contribution in [3.63, 3.8) is 0 Å². The van der Waals surface area contributed by atoms with Crippen LogP contribution in [0.3, 0.4) is 0 Å². The molecule has 30 heavy (non-hydrogen) atoms. The van der Waals surface area contributed by atoms with Crippen molar-refractivity contribution in [3.8, 4) is 0 Å². The van der Waals surface area contributed by atoms with Gasteiger partial charge in [-0.15, -0.1) is 0 Å². The number of carbonyl (C=O) groups is 2. The van der Waals surface area contributed by atoms with Gasteiger partial charge in [-0.05, 0) is 37.5 Å². The lowest BCUT2D eigenvalue weighted by atomic mass is 9.75. The maximum Gasteiger partial charge on any atom is 0.490 e. The van der Waals surface area contributed by atoms with Gasteiger partial charge in [-0.25, -0.2) is 4.79 Å². The van der Waals surface area contributed by atoms with Crippen LogP contribution in [0.1, 0.15) is 31.2 Å². The monoisotopic (exact) mass is 437 g/mol. The highest BCUT2D eigenvalue weighted by Gasteiger charge is 2.38. The summed E-state index contributed by atoms with van der Waals surface area (Å²) in [5.74, 6) is -2.99. The Kier molecular flexibility index (Phi) is 6.60. The van der Waals surface area contributed by atoms with Gasteiger partial charge in [0, 0.05) is 23.5 Å². The summed E-state index contributed by atoms with van der Waals surface area (Å²) in [7, 11) is 0. The van der Waals surface area contributed by atoms with Crippen LogP contribution in [-0.2, 0) is 15.8 Å². The number of rotatable bonds is 3. The molecule has 2 aromatic rings. The third-order valence-electron chi connectivity index (χ3n) is 4.45. The normalized spacial score (nSPS) is 15.6. The zero-order chi connectivity index (χ0) is 22.7. The Labute approximate surface area is 166 Å². The molecule has 1 heterocycles. The van der Waals surface area contributed by atoms with Crippen LogP contribution in [0, 0.1) is 0 Å². The van der Waals surface area contributed by atoms with Crippen molar-refractivity contribution in [1.29, 1.82) is 0 Å². The first kappa shape index (κ1) is 23.4. The van der Waals surface area contributed by atoms with Gasteiger partial charge in [-0.1, -0.05) is 6.07 Å². The molecule has 4 N–H and O–H groups in total. The molecule has 1 fully saturated rings. The number of fused-ring (bicyclic) bond motifs is 1. The van der Waals surface area contributed by atoms with Gasteiger partial charge < -0.3 is 16.2 Å². The number of pyridine rings is 1. The number of amides is 1. The van der Waals surface area contributed by atoms with Crippen LogP contribution in [0.2, 0.25) is 0 Å². The number of carboxylic acids is 1. The van der Waals surface area contributed by atoms with Crippen molar-refractivity contribution in [3.05, 3.63) is 36.0 Å². The summed E-state index contributed by atoms with van der Waals surface area (Å²) in [6.45, 7) is 0. The number of aliphatic carboxylic acids is 1. The molecule has 0 bridgehead atoms. The van der Waals surface area contributed by atoms with Crippen LogP contribution in [0.25, 0.3) is 10.9 Å². The highest BCUT2D eigenvalue weighted by atomic mass is 19.4. The number of nitrogens with one attached hydrogen (secondary N) is 1. The van der Waals surface area contributed by atoms with Crippen molar-refractivity contribution in [2.75, 3.05) is 5.32 Å². The van der Waals surface area contributed by atoms with Crippen molar-refractivity contribution >= 4 is 28.5 Å². The van der Waals surface area contributed by atoms with Gasteiger partial charge in [0.2, 0.25) is 5.91 Å². The van der Waals surface area contributed by atoms with E-state index in [1.54, 1.807) is 6.07 Å². The molecule has 0 aliphatic heterocycles. The number of benzene rings is 1. The van der Waals surface area contributed by atoms with Gasteiger partial charge in [0.25, 0.3) is 0 Å².